The molecule has 0 saturated heterocycles. The van der Waals surface area contributed by atoms with Crippen LogP contribution in [0.5, 0.6) is 0 Å². The highest BCUT2D eigenvalue weighted by Crippen LogP contribution is 2.18. The predicted molar refractivity (Wildman–Crippen MR) is 54.7 cm³/mol. The number of nitrogens with one attached hydrogen (secondary N) is 1. The van der Waals surface area contributed by atoms with Gasteiger partial charge in [-0.15, -0.1) is 0 Å². The van der Waals surface area contributed by atoms with Gasteiger partial charge in [0.25, 0.3) is 5.92 Å². The first-order valence-corrected chi connectivity index (χ1v) is 4.36. The van der Waals surface area contributed by atoms with Gasteiger partial charge in [-0.2, -0.15) is 0 Å². The van der Waals surface area contributed by atoms with Crippen molar-refractivity contribution in [3.63, 3.8) is 0 Å². The van der Waals surface area contributed by atoms with Gasteiger partial charge in [-0.05, 0) is 30.7 Å². The monoisotopic (exact) mass is 200 g/mol. The van der Waals surface area contributed by atoms with Crippen LogP contribution in [0, 0.1) is 6.92 Å². The Kier molecular flexibility index (Phi) is 2.93. The Bertz CT molecular complexity index is 298. The van der Waals surface area contributed by atoms with Crippen molar-refractivity contribution in [3.8, 4) is 0 Å². The van der Waals surface area contributed by atoms with Gasteiger partial charge < -0.3 is 11.1 Å². The van der Waals surface area contributed by atoms with Crippen LogP contribution >= 0.6 is 0 Å². The molecule has 0 aliphatic rings. The van der Waals surface area contributed by atoms with Crippen LogP contribution < -0.4 is 11.1 Å². The summed E-state index contributed by atoms with van der Waals surface area (Å²) in [6.45, 7) is 2.36. The number of aryl methyl sites for hydroxylation is 1. The number of halogens is 2. The van der Waals surface area contributed by atoms with Gasteiger partial charge >= 0.3 is 0 Å². The Morgan fingerprint density at radius 1 is 1.36 bits per heavy atom. The first-order valence-electron chi connectivity index (χ1n) is 4.36. The molecule has 0 atom stereocenters. The highest BCUT2D eigenvalue weighted by Gasteiger charge is 2.20. The van der Waals surface area contributed by atoms with Crippen molar-refractivity contribution >= 4 is 11.4 Å². The van der Waals surface area contributed by atoms with E-state index >= 15 is 0 Å². The summed E-state index contributed by atoms with van der Waals surface area (Å²) in [6.07, 6.45) is 0. The molecule has 0 saturated carbocycles. The molecule has 0 radical (unpaired) electrons. The summed E-state index contributed by atoms with van der Waals surface area (Å²) in [5.74, 6) is -2.71. The standard InChI is InChI=1S/C10H14F2N2/c1-7-3-8(13)5-9(4-7)14-6-10(2,11)12/h3-5,14H,6,13H2,1-2H3. The minimum Gasteiger partial charge on any atom is -0.399 e. The van der Waals surface area contributed by atoms with Crippen molar-refractivity contribution in [1.82, 2.24) is 0 Å². The fourth-order valence-corrected chi connectivity index (χ4v) is 1.17. The van der Waals surface area contributed by atoms with Crippen LogP contribution in [0.3, 0.4) is 0 Å². The molecule has 78 valence electrons. The van der Waals surface area contributed by atoms with Gasteiger partial charge in [0.15, 0.2) is 0 Å². The minimum atomic E-state index is -2.71. The molecule has 1 aromatic carbocycles. The number of anilines is 2. The van der Waals surface area contributed by atoms with E-state index in [0.717, 1.165) is 12.5 Å². The van der Waals surface area contributed by atoms with Crippen LogP contribution in [0.4, 0.5) is 20.2 Å². The molecule has 1 rings (SSSR count). The van der Waals surface area contributed by atoms with Crippen molar-refractivity contribution in [2.75, 3.05) is 17.6 Å². The van der Waals surface area contributed by atoms with E-state index in [9.17, 15) is 8.78 Å². The average molecular weight is 200 g/mol. The molecule has 0 aliphatic heterocycles. The molecule has 3 N–H and O–H groups in total. The van der Waals surface area contributed by atoms with Gasteiger partial charge in [0.05, 0.1) is 6.54 Å². The quantitative estimate of drug-likeness (QED) is 0.736. The minimum absolute atomic E-state index is 0.379. The molecule has 0 aromatic heterocycles. The molecule has 0 spiro atoms. The zero-order chi connectivity index (χ0) is 10.8. The fourth-order valence-electron chi connectivity index (χ4n) is 1.17. The second kappa shape index (κ2) is 3.82. The third-order valence-corrected chi connectivity index (χ3v) is 1.70. The topological polar surface area (TPSA) is 38.0 Å². The number of nitrogen functional groups attached to an aromatic ring is 1. The van der Waals surface area contributed by atoms with Crippen molar-refractivity contribution in [2.24, 2.45) is 0 Å². The van der Waals surface area contributed by atoms with Crippen LogP contribution in [0.25, 0.3) is 0 Å². The lowest BCUT2D eigenvalue weighted by molar-refractivity contribution is 0.0368. The molecule has 0 unspecified atom stereocenters. The molecule has 0 heterocycles. The summed E-state index contributed by atoms with van der Waals surface area (Å²) in [7, 11) is 0. The fraction of sp³-hybridized carbons (Fsp3) is 0.400. The molecule has 0 bridgehead atoms. The van der Waals surface area contributed by atoms with E-state index in [1.165, 1.54) is 0 Å². The predicted octanol–water partition coefficient (Wildman–Crippen LogP) is 2.64. The summed E-state index contributed by atoms with van der Waals surface area (Å²) in [5, 5.41) is 2.64. The van der Waals surface area contributed by atoms with E-state index in [1.54, 1.807) is 18.2 Å². The Labute approximate surface area is 82.1 Å². The summed E-state index contributed by atoms with van der Waals surface area (Å²) >= 11 is 0. The van der Waals surface area contributed by atoms with Gasteiger partial charge in [-0.25, -0.2) is 8.78 Å². The number of rotatable bonds is 3. The average Bonchev–Trinajstić information content (AvgIpc) is 1.97. The number of benzene rings is 1. The lowest BCUT2D eigenvalue weighted by atomic mass is 10.2. The van der Waals surface area contributed by atoms with Crippen LogP contribution in [-0.4, -0.2) is 12.5 Å². The maximum absolute atomic E-state index is 12.5. The van der Waals surface area contributed by atoms with Crippen molar-refractivity contribution in [2.45, 2.75) is 19.8 Å². The lowest BCUT2D eigenvalue weighted by Crippen LogP contribution is -2.22. The van der Waals surface area contributed by atoms with E-state index in [1.807, 2.05) is 6.92 Å². The van der Waals surface area contributed by atoms with Crippen LogP contribution in [0.2, 0.25) is 0 Å². The van der Waals surface area contributed by atoms with E-state index < -0.39 is 5.92 Å². The maximum Gasteiger partial charge on any atom is 0.262 e. The van der Waals surface area contributed by atoms with Crippen molar-refractivity contribution < 1.29 is 8.78 Å². The number of alkyl halides is 2. The van der Waals surface area contributed by atoms with E-state index in [0.29, 0.717) is 11.4 Å². The van der Waals surface area contributed by atoms with Crippen molar-refractivity contribution in [1.29, 1.82) is 0 Å². The molecule has 4 heteroatoms. The second-order valence-corrected chi connectivity index (χ2v) is 3.56. The zero-order valence-corrected chi connectivity index (χ0v) is 8.27. The molecule has 1 aromatic rings. The van der Waals surface area contributed by atoms with Crippen LogP contribution in [-0.2, 0) is 0 Å². The van der Waals surface area contributed by atoms with Gasteiger partial charge in [-0.1, -0.05) is 0 Å². The summed E-state index contributed by atoms with van der Waals surface area (Å²) < 4.78 is 25.0. The largest absolute Gasteiger partial charge is 0.399 e. The highest BCUT2D eigenvalue weighted by molar-refractivity contribution is 5.56. The first kappa shape index (κ1) is 10.8. The van der Waals surface area contributed by atoms with Gasteiger partial charge in [0.1, 0.15) is 0 Å². The molecule has 0 aliphatic carbocycles. The van der Waals surface area contributed by atoms with E-state index in [4.69, 9.17) is 5.73 Å². The second-order valence-electron chi connectivity index (χ2n) is 3.56. The number of hydrogen-bond donors (Lipinski definition) is 2. The molecule has 14 heavy (non-hydrogen) atoms. The first-order chi connectivity index (χ1) is 6.37. The SMILES string of the molecule is Cc1cc(N)cc(NCC(C)(F)F)c1. The summed E-state index contributed by atoms with van der Waals surface area (Å²) in [6, 6.07) is 5.20. The molecular formula is C10H14F2N2. The van der Waals surface area contributed by atoms with Crippen molar-refractivity contribution in [3.05, 3.63) is 23.8 Å². The third-order valence-electron chi connectivity index (χ3n) is 1.70. The molecule has 2 nitrogen and oxygen atoms in total. The van der Waals surface area contributed by atoms with Crippen LogP contribution in [0.15, 0.2) is 18.2 Å². The Hall–Kier alpha value is -1.32. The smallest absolute Gasteiger partial charge is 0.262 e. The molecule has 0 fully saturated rings. The highest BCUT2D eigenvalue weighted by atomic mass is 19.3. The number of hydrogen-bond acceptors (Lipinski definition) is 2. The maximum atomic E-state index is 12.5. The van der Waals surface area contributed by atoms with E-state index in [2.05, 4.69) is 5.32 Å². The summed E-state index contributed by atoms with van der Waals surface area (Å²) in [4.78, 5) is 0. The normalized spacial score (nSPS) is 11.4. The zero-order valence-electron chi connectivity index (χ0n) is 8.27. The Balaban J connectivity index is 2.68. The van der Waals surface area contributed by atoms with Gasteiger partial charge in [-0.3, -0.25) is 0 Å². The summed E-state index contributed by atoms with van der Waals surface area (Å²) in [5.41, 5.74) is 7.73. The van der Waals surface area contributed by atoms with E-state index in [-0.39, 0.29) is 6.54 Å². The van der Waals surface area contributed by atoms with Gasteiger partial charge in [0.2, 0.25) is 0 Å². The van der Waals surface area contributed by atoms with Crippen LogP contribution in [0.1, 0.15) is 12.5 Å². The number of nitrogens with two attached hydrogens (primary N) is 1. The third kappa shape index (κ3) is 3.60. The lowest BCUT2D eigenvalue weighted by Gasteiger charge is -2.13. The Morgan fingerprint density at radius 2 is 2.00 bits per heavy atom. The molecular weight excluding hydrogens is 186 g/mol. The molecule has 0 amide bonds. The Morgan fingerprint density at radius 3 is 2.50 bits per heavy atom. The van der Waals surface area contributed by atoms with Gasteiger partial charge in [0, 0.05) is 18.3 Å².